The summed E-state index contributed by atoms with van der Waals surface area (Å²) in [5.41, 5.74) is 5.76. The van der Waals surface area contributed by atoms with Gasteiger partial charge < -0.3 is 31.9 Å². The highest BCUT2D eigenvalue weighted by Gasteiger charge is 2.30. The van der Waals surface area contributed by atoms with E-state index in [1.54, 1.807) is 13.8 Å². The quantitative estimate of drug-likeness (QED) is 0.224. The van der Waals surface area contributed by atoms with Crippen LogP contribution in [0.3, 0.4) is 0 Å². The van der Waals surface area contributed by atoms with E-state index in [0.29, 0.717) is 6.42 Å². The molecule has 11 heteroatoms. The lowest BCUT2D eigenvalue weighted by Gasteiger charge is -2.23. The van der Waals surface area contributed by atoms with Crippen molar-refractivity contribution >= 4 is 29.7 Å². The maximum Gasteiger partial charge on any atom is 0.326 e. The molecule has 0 aliphatic heterocycles. The molecule has 0 radical (unpaired) electrons. The van der Waals surface area contributed by atoms with E-state index < -0.39 is 60.2 Å². The second kappa shape index (κ2) is 12.8. The Hall–Kier alpha value is -2.69. The van der Waals surface area contributed by atoms with Crippen molar-refractivity contribution in [2.24, 2.45) is 17.6 Å². The lowest BCUT2D eigenvalue weighted by molar-refractivity contribution is -0.143. The number of rotatable bonds is 13. The van der Waals surface area contributed by atoms with Gasteiger partial charge in [0.05, 0.1) is 12.5 Å². The molecule has 7 N–H and O–H groups in total. The van der Waals surface area contributed by atoms with Crippen LogP contribution in [0.2, 0.25) is 0 Å². The van der Waals surface area contributed by atoms with E-state index in [0.717, 1.165) is 0 Å². The Bertz CT molecular complexity index is 636. The molecule has 0 heterocycles. The number of carboxylic acids is 2. The molecule has 0 aromatic rings. The van der Waals surface area contributed by atoms with Crippen LogP contribution in [0.4, 0.5) is 0 Å². The maximum absolute atomic E-state index is 12.4. The molecule has 0 aliphatic carbocycles. The van der Waals surface area contributed by atoms with Crippen molar-refractivity contribution in [1.29, 1.82) is 0 Å². The SMILES string of the molecule is CC(C)CC(N)C(=O)NC(CC(=O)O)C(=O)NC(C)C(=O)NC(CC(C)C)C(=O)O. The number of hydrogen-bond acceptors (Lipinski definition) is 6. The Morgan fingerprint density at radius 1 is 0.733 bits per heavy atom. The van der Waals surface area contributed by atoms with Gasteiger partial charge in [0.1, 0.15) is 18.1 Å². The summed E-state index contributed by atoms with van der Waals surface area (Å²) in [5.74, 6) is -4.70. The summed E-state index contributed by atoms with van der Waals surface area (Å²) in [6, 6.07) is -4.62. The molecule has 3 amide bonds. The summed E-state index contributed by atoms with van der Waals surface area (Å²) in [6.45, 7) is 8.65. The highest BCUT2D eigenvalue weighted by atomic mass is 16.4. The van der Waals surface area contributed by atoms with Gasteiger partial charge in [-0.05, 0) is 31.6 Å². The summed E-state index contributed by atoms with van der Waals surface area (Å²) >= 11 is 0. The second-order valence-electron chi connectivity index (χ2n) is 8.15. The van der Waals surface area contributed by atoms with Crippen LogP contribution in [-0.2, 0) is 24.0 Å². The number of carboxylic acid groups (broad SMARTS) is 2. The van der Waals surface area contributed by atoms with Gasteiger partial charge >= 0.3 is 11.9 Å². The van der Waals surface area contributed by atoms with Gasteiger partial charge in [-0.3, -0.25) is 19.2 Å². The first kappa shape index (κ1) is 27.3. The molecule has 0 bridgehead atoms. The normalized spacial score (nSPS) is 15.1. The van der Waals surface area contributed by atoms with Crippen LogP contribution >= 0.6 is 0 Å². The zero-order chi connectivity index (χ0) is 23.6. The van der Waals surface area contributed by atoms with Gasteiger partial charge in [0.25, 0.3) is 0 Å². The molecule has 0 aromatic heterocycles. The molecule has 0 spiro atoms. The highest BCUT2D eigenvalue weighted by Crippen LogP contribution is 2.06. The predicted molar refractivity (Wildman–Crippen MR) is 108 cm³/mol. The van der Waals surface area contributed by atoms with E-state index in [2.05, 4.69) is 16.0 Å². The van der Waals surface area contributed by atoms with Gasteiger partial charge in [-0.1, -0.05) is 27.7 Å². The standard InChI is InChI=1S/C19H34N4O7/c1-9(2)6-12(20)17(27)22-13(8-15(24)25)18(28)21-11(5)16(26)23-14(19(29)30)7-10(3)4/h9-14H,6-8,20H2,1-5H3,(H,21,28)(H,22,27)(H,23,26)(H,24,25)(H,29,30). The third kappa shape index (κ3) is 10.7. The first-order valence-electron chi connectivity index (χ1n) is 9.85. The Kier molecular flexibility index (Phi) is 11.6. The smallest absolute Gasteiger partial charge is 0.326 e. The summed E-state index contributed by atoms with van der Waals surface area (Å²) in [5, 5.41) is 25.2. The lowest BCUT2D eigenvalue weighted by atomic mass is 10.0. The van der Waals surface area contributed by atoms with E-state index in [1.807, 2.05) is 13.8 Å². The fourth-order valence-corrected chi connectivity index (χ4v) is 2.65. The fraction of sp³-hybridized carbons (Fsp3) is 0.737. The Morgan fingerprint density at radius 3 is 1.67 bits per heavy atom. The molecule has 0 saturated carbocycles. The highest BCUT2D eigenvalue weighted by molar-refractivity contribution is 5.95. The summed E-state index contributed by atoms with van der Waals surface area (Å²) in [7, 11) is 0. The topological polar surface area (TPSA) is 188 Å². The molecular weight excluding hydrogens is 396 g/mol. The van der Waals surface area contributed by atoms with Crippen LogP contribution in [0, 0.1) is 11.8 Å². The van der Waals surface area contributed by atoms with Crippen molar-refractivity contribution in [3.05, 3.63) is 0 Å². The number of carbonyl (C=O) groups is 5. The number of amides is 3. The zero-order valence-corrected chi connectivity index (χ0v) is 18.1. The number of carbonyl (C=O) groups excluding carboxylic acids is 3. The van der Waals surface area contributed by atoms with E-state index in [4.69, 9.17) is 10.8 Å². The monoisotopic (exact) mass is 430 g/mol. The summed E-state index contributed by atoms with van der Waals surface area (Å²) in [4.78, 5) is 59.2. The molecule has 30 heavy (non-hydrogen) atoms. The van der Waals surface area contributed by atoms with Crippen molar-refractivity contribution in [3.8, 4) is 0 Å². The van der Waals surface area contributed by atoms with Gasteiger partial charge in [-0.25, -0.2) is 4.79 Å². The summed E-state index contributed by atoms with van der Waals surface area (Å²) in [6.07, 6.45) is -0.156. The largest absolute Gasteiger partial charge is 0.481 e. The minimum atomic E-state index is -1.44. The van der Waals surface area contributed by atoms with Gasteiger partial charge in [-0.2, -0.15) is 0 Å². The molecular formula is C19H34N4O7. The molecule has 0 aliphatic rings. The second-order valence-corrected chi connectivity index (χ2v) is 8.15. The molecule has 0 saturated heterocycles. The maximum atomic E-state index is 12.4. The average molecular weight is 431 g/mol. The van der Waals surface area contributed by atoms with Crippen LogP contribution in [0.25, 0.3) is 0 Å². The van der Waals surface area contributed by atoms with Gasteiger partial charge in [0, 0.05) is 0 Å². The van der Waals surface area contributed by atoms with Crippen molar-refractivity contribution in [1.82, 2.24) is 16.0 Å². The molecule has 4 atom stereocenters. The van der Waals surface area contributed by atoms with Crippen molar-refractivity contribution in [2.75, 3.05) is 0 Å². The minimum absolute atomic E-state index is 0.0153. The average Bonchev–Trinajstić information content (AvgIpc) is 2.58. The Balaban J connectivity index is 5.08. The number of nitrogens with one attached hydrogen (secondary N) is 3. The molecule has 0 fully saturated rings. The van der Waals surface area contributed by atoms with Gasteiger partial charge in [-0.15, -0.1) is 0 Å². The Morgan fingerprint density at radius 2 is 1.23 bits per heavy atom. The summed E-state index contributed by atoms with van der Waals surface area (Å²) < 4.78 is 0. The zero-order valence-electron chi connectivity index (χ0n) is 18.1. The number of hydrogen-bond donors (Lipinski definition) is 6. The van der Waals surface area contributed by atoms with E-state index in [9.17, 15) is 29.1 Å². The molecule has 0 rings (SSSR count). The molecule has 0 aromatic carbocycles. The number of nitrogens with two attached hydrogens (primary N) is 1. The molecule has 11 nitrogen and oxygen atoms in total. The van der Waals surface area contributed by atoms with E-state index in [-0.39, 0.29) is 18.3 Å². The lowest BCUT2D eigenvalue weighted by Crippen LogP contribution is -2.56. The number of aliphatic carboxylic acids is 2. The van der Waals surface area contributed by atoms with Gasteiger partial charge in [0.2, 0.25) is 17.7 Å². The van der Waals surface area contributed by atoms with Crippen molar-refractivity contribution in [2.45, 2.75) is 78.0 Å². The Labute approximate surface area is 176 Å². The first-order chi connectivity index (χ1) is 13.7. The van der Waals surface area contributed by atoms with Crippen LogP contribution in [0.15, 0.2) is 0 Å². The van der Waals surface area contributed by atoms with Gasteiger partial charge in [0.15, 0.2) is 0 Å². The molecule has 172 valence electrons. The van der Waals surface area contributed by atoms with E-state index >= 15 is 0 Å². The molecule has 4 unspecified atom stereocenters. The third-order valence-corrected chi connectivity index (χ3v) is 4.15. The predicted octanol–water partition coefficient (Wildman–Crippen LogP) is -0.560. The van der Waals surface area contributed by atoms with E-state index in [1.165, 1.54) is 6.92 Å². The van der Waals surface area contributed by atoms with Crippen molar-refractivity contribution < 1.29 is 34.2 Å². The minimum Gasteiger partial charge on any atom is -0.481 e. The van der Waals surface area contributed by atoms with Crippen LogP contribution in [0.5, 0.6) is 0 Å². The van der Waals surface area contributed by atoms with Crippen LogP contribution in [0.1, 0.15) is 53.9 Å². The fourth-order valence-electron chi connectivity index (χ4n) is 2.65. The van der Waals surface area contributed by atoms with Crippen LogP contribution in [-0.4, -0.2) is 64.0 Å². The van der Waals surface area contributed by atoms with Crippen LogP contribution < -0.4 is 21.7 Å². The first-order valence-corrected chi connectivity index (χ1v) is 9.85. The van der Waals surface area contributed by atoms with Crippen molar-refractivity contribution in [3.63, 3.8) is 0 Å². The third-order valence-electron chi connectivity index (χ3n) is 4.15.